The number of aliphatic hydroxyl groups excluding tert-OH is 2. The van der Waals surface area contributed by atoms with E-state index in [1.54, 1.807) is 0 Å². The van der Waals surface area contributed by atoms with Crippen molar-refractivity contribution in [3.05, 3.63) is 28.8 Å². The van der Waals surface area contributed by atoms with E-state index in [0.717, 1.165) is 0 Å². The van der Waals surface area contributed by atoms with Gasteiger partial charge in [-0.15, -0.1) is 0 Å². The van der Waals surface area contributed by atoms with Crippen molar-refractivity contribution in [1.29, 1.82) is 0 Å². The first-order chi connectivity index (χ1) is 9.31. The molecular formula is C11H13ClN2O5S. The second-order valence-electron chi connectivity index (χ2n) is 4.44. The highest BCUT2D eigenvalue weighted by atomic mass is 35.5. The Hall–Kier alpha value is -1.19. The van der Waals surface area contributed by atoms with E-state index in [0.29, 0.717) is 5.56 Å². The van der Waals surface area contributed by atoms with Crippen molar-refractivity contribution in [3.8, 4) is 0 Å². The lowest BCUT2D eigenvalue weighted by molar-refractivity contribution is 0.0977. The van der Waals surface area contributed by atoms with Gasteiger partial charge in [-0.3, -0.25) is 0 Å². The monoisotopic (exact) mass is 320 g/mol. The van der Waals surface area contributed by atoms with E-state index in [2.05, 4.69) is 4.99 Å². The lowest BCUT2D eigenvalue weighted by atomic mass is 10.1. The largest absolute Gasteiger partial charge is 0.475 e. The maximum atomic E-state index is 11.4. The molecule has 2 rings (SSSR count). The van der Waals surface area contributed by atoms with E-state index in [1.165, 1.54) is 18.2 Å². The van der Waals surface area contributed by atoms with E-state index < -0.39 is 15.6 Å². The number of hydrogen-bond donors (Lipinski definition) is 3. The number of halogens is 1. The Labute approximate surface area is 120 Å². The number of aliphatic hydroxyl groups is 2. The predicted molar refractivity (Wildman–Crippen MR) is 72.2 cm³/mol. The highest BCUT2D eigenvalue weighted by Crippen LogP contribution is 2.26. The Kier molecular flexibility index (Phi) is 4.03. The molecule has 1 aliphatic rings. The van der Waals surface area contributed by atoms with E-state index in [-0.39, 0.29) is 35.6 Å². The van der Waals surface area contributed by atoms with Gasteiger partial charge in [-0.25, -0.2) is 18.5 Å². The molecule has 1 aliphatic heterocycles. The number of sulfonamides is 1. The Bertz CT molecular complexity index is 655. The number of ether oxygens (including phenoxy) is 1. The fourth-order valence-electron chi connectivity index (χ4n) is 1.70. The van der Waals surface area contributed by atoms with Crippen LogP contribution in [0.3, 0.4) is 0 Å². The minimum absolute atomic E-state index is 0.00265. The van der Waals surface area contributed by atoms with Gasteiger partial charge in [0.05, 0.1) is 18.2 Å². The summed E-state index contributed by atoms with van der Waals surface area (Å²) in [6, 6.07) is 4.11. The molecule has 0 aromatic heterocycles. The molecule has 9 heteroatoms. The predicted octanol–water partition coefficient (Wildman–Crippen LogP) is -0.512. The van der Waals surface area contributed by atoms with Gasteiger partial charge in [0.1, 0.15) is 17.0 Å². The van der Waals surface area contributed by atoms with Crippen LogP contribution in [0.2, 0.25) is 5.02 Å². The first kappa shape index (κ1) is 15.2. The highest BCUT2D eigenvalue weighted by molar-refractivity contribution is 7.89. The van der Waals surface area contributed by atoms with Crippen LogP contribution in [0.25, 0.3) is 0 Å². The molecule has 1 heterocycles. The molecule has 0 radical (unpaired) electrons. The van der Waals surface area contributed by atoms with Gasteiger partial charge >= 0.3 is 0 Å². The molecule has 0 amide bonds. The first-order valence-electron chi connectivity index (χ1n) is 5.58. The summed E-state index contributed by atoms with van der Waals surface area (Å²) in [6.07, 6.45) is 0. The lowest BCUT2D eigenvalue weighted by Gasteiger charge is -2.16. The quantitative estimate of drug-likeness (QED) is 0.689. The van der Waals surface area contributed by atoms with E-state index in [1.807, 2.05) is 0 Å². The Balaban J connectivity index is 2.46. The smallest absolute Gasteiger partial charge is 0.239 e. The van der Waals surface area contributed by atoms with Gasteiger partial charge < -0.3 is 14.9 Å². The molecule has 0 aliphatic carbocycles. The average molecular weight is 321 g/mol. The molecule has 0 saturated carbocycles. The number of rotatable bonds is 4. The maximum absolute atomic E-state index is 11.4. The van der Waals surface area contributed by atoms with Crippen LogP contribution in [0.5, 0.6) is 0 Å². The summed E-state index contributed by atoms with van der Waals surface area (Å²) in [7, 11) is -3.97. The third-order valence-corrected chi connectivity index (χ3v) is 4.28. The second-order valence-corrected chi connectivity index (χ2v) is 6.37. The number of hydrogen-bond acceptors (Lipinski definition) is 6. The van der Waals surface area contributed by atoms with Crippen molar-refractivity contribution >= 4 is 27.5 Å². The number of primary sulfonamides is 1. The van der Waals surface area contributed by atoms with E-state index >= 15 is 0 Å². The lowest BCUT2D eigenvalue weighted by Crippen LogP contribution is -2.37. The molecule has 0 fully saturated rings. The molecule has 7 nitrogen and oxygen atoms in total. The van der Waals surface area contributed by atoms with Gasteiger partial charge in [0, 0.05) is 5.56 Å². The van der Waals surface area contributed by atoms with Crippen molar-refractivity contribution < 1.29 is 23.4 Å². The van der Waals surface area contributed by atoms with Crippen LogP contribution in [-0.4, -0.2) is 49.9 Å². The van der Waals surface area contributed by atoms with Gasteiger partial charge in [0.25, 0.3) is 0 Å². The third kappa shape index (κ3) is 2.79. The van der Waals surface area contributed by atoms with Gasteiger partial charge in [-0.2, -0.15) is 0 Å². The third-order valence-electron chi connectivity index (χ3n) is 2.89. The SMILES string of the molecule is NS(=O)(=O)c1cc(C2=NC(CO)(CO)CO2)ccc1Cl. The van der Waals surface area contributed by atoms with E-state index in [9.17, 15) is 18.6 Å². The Morgan fingerprint density at radius 1 is 1.40 bits per heavy atom. The van der Waals surface area contributed by atoms with Crippen LogP contribution in [0.1, 0.15) is 5.56 Å². The first-order valence-corrected chi connectivity index (χ1v) is 7.51. The summed E-state index contributed by atoms with van der Waals surface area (Å²) in [5.41, 5.74) is -0.765. The van der Waals surface area contributed by atoms with Gasteiger partial charge in [0.2, 0.25) is 15.9 Å². The minimum atomic E-state index is -3.97. The van der Waals surface area contributed by atoms with Crippen LogP contribution in [0.4, 0.5) is 0 Å². The highest BCUT2D eigenvalue weighted by Gasteiger charge is 2.36. The zero-order chi connectivity index (χ0) is 15.0. The fourth-order valence-corrected chi connectivity index (χ4v) is 2.77. The van der Waals surface area contributed by atoms with Crippen LogP contribution >= 0.6 is 11.6 Å². The van der Waals surface area contributed by atoms with Crippen LogP contribution in [-0.2, 0) is 14.8 Å². The van der Waals surface area contributed by atoms with Crippen LogP contribution in [0, 0.1) is 0 Å². The van der Waals surface area contributed by atoms with Crippen molar-refractivity contribution in [2.45, 2.75) is 10.4 Å². The minimum Gasteiger partial charge on any atom is -0.475 e. The molecule has 0 spiro atoms. The van der Waals surface area contributed by atoms with Crippen molar-refractivity contribution in [1.82, 2.24) is 0 Å². The van der Waals surface area contributed by atoms with Crippen LogP contribution in [0.15, 0.2) is 28.1 Å². The summed E-state index contributed by atoms with van der Waals surface area (Å²) >= 11 is 5.78. The maximum Gasteiger partial charge on any atom is 0.239 e. The summed E-state index contributed by atoms with van der Waals surface area (Å²) in [4.78, 5) is 3.85. The number of aliphatic imine (C=N–C) groups is 1. The number of nitrogens with two attached hydrogens (primary N) is 1. The van der Waals surface area contributed by atoms with Gasteiger partial charge in [0.15, 0.2) is 0 Å². The summed E-state index contributed by atoms with van der Waals surface area (Å²) in [5, 5.41) is 23.5. The molecule has 20 heavy (non-hydrogen) atoms. The molecule has 0 unspecified atom stereocenters. The summed E-state index contributed by atoms with van der Waals surface area (Å²) < 4.78 is 28.1. The Morgan fingerprint density at radius 3 is 2.55 bits per heavy atom. The molecule has 1 aromatic rings. The molecular weight excluding hydrogens is 308 g/mol. The fraction of sp³-hybridized carbons (Fsp3) is 0.364. The van der Waals surface area contributed by atoms with Crippen molar-refractivity contribution in [3.63, 3.8) is 0 Å². The van der Waals surface area contributed by atoms with Gasteiger partial charge in [-0.1, -0.05) is 11.6 Å². The molecule has 0 saturated heterocycles. The molecule has 0 bridgehead atoms. The molecule has 0 atom stereocenters. The summed E-state index contributed by atoms with van der Waals surface area (Å²) in [5.74, 6) is 0.120. The average Bonchev–Trinajstić information content (AvgIpc) is 2.83. The van der Waals surface area contributed by atoms with E-state index in [4.69, 9.17) is 21.5 Å². The zero-order valence-corrected chi connectivity index (χ0v) is 11.9. The second kappa shape index (κ2) is 5.30. The molecule has 4 N–H and O–H groups in total. The number of benzene rings is 1. The molecule has 110 valence electrons. The van der Waals surface area contributed by atoms with Crippen molar-refractivity contribution in [2.75, 3.05) is 19.8 Å². The zero-order valence-electron chi connectivity index (χ0n) is 10.3. The Morgan fingerprint density at radius 2 is 2.05 bits per heavy atom. The van der Waals surface area contributed by atoms with Gasteiger partial charge in [-0.05, 0) is 18.2 Å². The van der Waals surface area contributed by atoms with Crippen molar-refractivity contribution in [2.24, 2.45) is 10.1 Å². The van der Waals surface area contributed by atoms with Crippen LogP contribution < -0.4 is 5.14 Å². The standard InChI is InChI=1S/C11H13ClN2O5S/c12-8-2-1-7(3-9(8)20(13,17)18)10-14-11(4-15,5-16)6-19-10/h1-3,15-16H,4-6H2,(H2,13,17,18). The topological polar surface area (TPSA) is 122 Å². The summed E-state index contributed by atoms with van der Waals surface area (Å²) in [6.45, 7) is -0.770. The number of nitrogens with zero attached hydrogens (tertiary/aromatic N) is 1. The molecule has 1 aromatic carbocycles. The normalized spacial score (nSPS) is 17.7.